The normalized spacial score (nSPS) is 14.5. The molecule has 5 atom stereocenters. The fourth-order valence-corrected chi connectivity index (χ4v) is 11.3. The van der Waals surface area contributed by atoms with Gasteiger partial charge < -0.3 is 33.8 Å². The summed E-state index contributed by atoms with van der Waals surface area (Å²) in [6.07, 6.45) is 63.7. The number of aliphatic hydroxyl groups is 1. The molecule has 0 amide bonds. The summed E-state index contributed by atoms with van der Waals surface area (Å²) in [7, 11) is -9.95. The van der Waals surface area contributed by atoms with Crippen molar-refractivity contribution in [3.05, 3.63) is 72.9 Å². The molecule has 0 spiro atoms. The first-order chi connectivity index (χ1) is 44.7. The molecule has 0 aromatic rings. The minimum absolute atomic E-state index is 0.0669. The third kappa shape index (κ3) is 65.2. The largest absolute Gasteiger partial charge is 0.472 e. The van der Waals surface area contributed by atoms with Gasteiger partial charge in [0.1, 0.15) is 19.3 Å². The van der Waals surface area contributed by atoms with Crippen molar-refractivity contribution >= 4 is 39.5 Å². The Hall–Kier alpha value is -3.50. The highest BCUT2D eigenvalue weighted by Crippen LogP contribution is 2.45. The summed E-state index contributed by atoms with van der Waals surface area (Å²) in [5, 5.41) is 10.6. The molecule has 0 fully saturated rings. The van der Waals surface area contributed by atoms with Crippen LogP contribution < -0.4 is 0 Å². The van der Waals surface area contributed by atoms with Crippen molar-refractivity contribution in [1.82, 2.24) is 0 Å². The Bertz CT molecular complexity index is 2040. The van der Waals surface area contributed by atoms with Crippen molar-refractivity contribution in [2.24, 2.45) is 0 Å². The van der Waals surface area contributed by atoms with Crippen molar-refractivity contribution in [3.8, 4) is 0 Å². The van der Waals surface area contributed by atoms with Crippen LogP contribution in [0.5, 0.6) is 0 Å². The maximum absolute atomic E-state index is 13.0. The second kappa shape index (κ2) is 66.1. The van der Waals surface area contributed by atoms with Gasteiger partial charge in [-0.25, -0.2) is 9.13 Å². The summed E-state index contributed by atoms with van der Waals surface area (Å²) in [6, 6.07) is 0. The first-order valence-electron chi connectivity index (χ1n) is 36.2. The van der Waals surface area contributed by atoms with E-state index in [-0.39, 0.29) is 25.7 Å². The third-order valence-corrected chi connectivity index (χ3v) is 17.1. The summed E-state index contributed by atoms with van der Waals surface area (Å²) >= 11 is 0. The van der Waals surface area contributed by atoms with E-state index in [2.05, 4.69) is 76.3 Å². The lowest BCUT2D eigenvalue weighted by atomic mass is 10.0. The lowest BCUT2D eigenvalue weighted by Crippen LogP contribution is -2.30. The van der Waals surface area contributed by atoms with E-state index in [4.69, 9.17) is 37.0 Å². The van der Waals surface area contributed by atoms with Crippen molar-refractivity contribution < 1.29 is 80.2 Å². The molecule has 0 rings (SSSR count). The number of ether oxygens (including phenoxy) is 4. The molecule has 0 aliphatic heterocycles. The van der Waals surface area contributed by atoms with Crippen molar-refractivity contribution in [2.45, 2.75) is 329 Å². The van der Waals surface area contributed by atoms with Gasteiger partial charge in [-0.3, -0.25) is 37.3 Å². The Morgan fingerprint density at radius 1 is 0.326 bits per heavy atom. The molecule has 0 saturated heterocycles. The van der Waals surface area contributed by atoms with Crippen LogP contribution in [0.25, 0.3) is 0 Å². The molecule has 0 saturated carbocycles. The first-order valence-corrected chi connectivity index (χ1v) is 39.2. The number of aliphatic hydroxyl groups excluding tert-OH is 1. The van der Waals surface area contributed by atoms with Crippen LogP contribution in [-0.4, -0.2) is 96.7 Å². The van der Waals surface area contributed by atoms with Gasteiger partial charge in [-0.05, 0) is 77.0 Å². The van der Waals surface area contributed by atoms with E-state index in [9.17, 15) is 43.2 Å². The Kier molecular flexibility index (Phi) is 63.6. The van der Waals surface area contributed by atoms with Crippen LogP contribution in [-0.2, 0) is 65.4 Å². The van der Waals surface area contributed by atoms with Crippen molar-refractivity contribution in [3.63, 3.8) is 0 Å². The van der Waals surface area contributed by atoms with E-state index in [1.807, 2.05) is 18.2 Å². The van der Waals surface area contributed by atoms with Crippen molar-refractivity contribution in [1.29, 1.82) is 0 Å². The molecule has 5 unspecified atom stereocenters. The molecule has 0 aromatic heterocycles. The van der Waals surface area contributed by atoms with Crippen LogP contribution in [0, 0.1) is 0 Å². The second-order valence-corrected chi connectivity index (χ2v) is 27.1. The number of phosphoric ester groups is 2. The SMILES string of the molecule is CC/C=C\C/C=C\C/C=C\C/C=C\C/C=C\CC(=O)OCC(COP(=O)(O)OCC(O)COP(=O)(O)OCC(COC(=O)CCCCCCC/C=C\CCCCCC)OC(=O)CCCCCCCCCCCCCCC)OC(=O)CCCCCCCCCCCCC. The maximum atomic E-state index is 13.0. The third-order valence-electron chi connectivity index (χ3n) is 15.2. The highest BCUT2D eigenvalue weighted by atomic mass is 31.2. The number of phosphoric acid groups is 2. The van der Waals surface area contributed by atoms with Crippen LogP contribution in [0.1, 0.15) is 310 Å². The molecule has 92 heavy (non-hydrogen) atoms. The molecule has 19 heteroatoms. The highest BCUT2D eigenvalue weighted by molar-refractivity contribution is 7.47. The summed E-state index contributed by atoms with van der Waals surface area (Å²) in [5.74, 6) is -2.31. The van der Waals surface area contributed by atoms with E-state index < -0.39 is 97.5 Å². The summed E-state index contributed by atoms with van der Waals surface area (Å²) in [4.78, 5) is 72.5. The zero-order valence-electron chi connectivity index (χ0n) is 58.0. The smallest absolute Gasteiger partial charge is 0.462 e. The minimum Gasteiger partial charge on any atom is -0.462 e. The zero-order valence-corrected chi connectivity index (χ0v) is 59.8. The minimum atomic E-state index is -4.98. The summed E-state index contributed by atoms with van der Waals surface area (Å²) in [5.41, 5.74) is 0. The van der Waals surface area contributed by atoms with Crippen LogP contribution in [0.3, 0.4) is 0 Å². The molecule has 0 heterocycles. The summed E-state index contributed by atoms with van der Waals surface area (Å²) < 4.78 is 68.1. The fraction of sp³-hybridized carbons (Fsp3) is 0.781. The van der Waals surface area contributed by atoms with Gasteiger partial charge in [0.05, 0.1) is 32.8 Å². The predicted molar refractivity (Wildman–Crippen MR) is 372 cm³/mol. The molecule has 0 bridgehead atoms. The Labute approximate surface area is 558 Å². The van der Waals surface area contributed by atoms with Gasteiger partial charge >= 0.3 is 39.5 Å². The van der Waals surface area contributed by atoms with E-state index >= 15 is 0 Å². The van der Waals surface area contributed by atoms with Crippen molar-refractivity contribution in [2.75, 3.05) is 39.6 Å². The summed E-state index contributed by atoms with van der Waals surface area (Å²) in [6.45, 7) is 4.63. The van der Waals surface area contributed by atoms with Gasteiger partial charge in [0.2, 0.25) is 0 Å². The average molecular weight is 1340 g/mol. The van der Waals surface area contributed by atoms with E-state index in [1.165, 1.54) is 116 Å². The monoisotopic (exact) mass is 1340 g/mol. The highest BCUT2D eigenvalue weighted by Gasteiger charge is 2.30. The second-order valence-electron chi connectivity index (χ2n) is 24.2. The van der Waals surface area contributed by atoms with Gasteiger partial charge in [-0.1, -0.05) is 280 Å². The molecule has 17 nitrogen and oxygen atoms in total. The molecule has 3 N–H and O–H groups in total. The van der Waals surface area contributed by atoms with E-state index in [0.29, 0.717) is 25.7 Å². The zero-order chi connectivity index (χ0) is 67.5. The number of allylic oxidation sites excluding steroid dienone is 11. The van der Waals surface area contributed by atoms with Crippen LogP contribution in [0.15, 0.2) is 72.9 Å². The standard InChI is InChI=1S/C73H130O17P2/c1-5-9-13-17-21-25-29-32-33-36-39-42-46-50-54-58-71(76)84-63-68(89-72(77)59-55-51-47-43-37-28-24-20-16-12-8-4)65-87-91(79,80)85-61-67(74)62-86-92(81,82)88-66-69(90-73(78)60-56-52-48-44-40-35-31-27-23-19-15-11-7-3)64-83-70(75)57-53-49-45-41-38-34-30-26-22-18-14-10-6-2/h9,13,21,25-26,30,32-33,39,42,50,54,67-69,74H,5-8,10-12,14-20,22-24,27-29,31,34-38,40-41,43-49,51-53,55-66H2,1-4H3,(H,79,80)(H,81,82)/b13-9-,25-21-,30-26-,33-32-,42-39-,54-50-. The van der Waals surface area contributed by atoms with Gasteiger partial charge in [0.25, 0.3) is 0 Å². The molecule has 0 radical (unpaired) electrons. The lowest BCUT2D eigenvalue weighted by Gasteiger charge is -2.21. The number of carbonyl (C=O) groups excluding carboxylic acids is 4. The number of hydrogen-bond acceptors (Lipinski definition) is 15. The average Bonchev–Trinajstić information content (AvgIpc) is 2.24. The van der Waals surface area contributed by atoms with Gasteiger partial charge in [0, 0.05) is 19.3 Å². The molecule has 0 aliphatic rings. The number of hydrogen-bond donors (Lipinski definition) is 3. The number of rotatable bonds is 68. The number of carbonyl (C=O) groups is 4. The van der Waals surface area contributed by atoms with Crippen LogP contribution in [0.4, 0.5) is 0 Å². The molecule has 0 aliphatic carbocycles. The van der Waals surface area contributed by atoms with E-state index in [0.717, 1.165) is 116 Å². The molecule has 534 valence electrons. The molecular formula is C73H130O17P2. The Morgan fingerprint density at radius 2 is 0.609 bits per heavy atom. The number of esters is 4. The van der Waals surface area contributed by atoms with Gasteiger partial charge in [-0.15, -0.1) is 0 Å². The van der Waals surface area contributed by atoms with Crippen LogP contribution >= 0.6 is 15.6 Å². The van der Waals surface area contributed by atoms with E-state index in [1.54, 1.807) is 6.08 Å². The van der Waals surface area contributed by atoms with Gasteiger partial charge in [0.15, 0.2) is 12.2 Å². The predicted octanol–water partition coefficient (Wildman–Crippen LogP) is 20.1. The van der Waals surface area contributed by atoms with Crippen LogP contribution in [0.2, 0.25) is 0 Å². The van der Waals surface area contributed by atoms with Gasteiger partial charge in [-0.2, -0.15) is 0 Å². The number of unbranched alkanes of at least 4 members (excludes halogenated alkanes) is 31. The topological polar surface area (TPSA) is 237 Å². The first kappa shape index (κ1) is 88.5. The fourth-order valence-electron chi connectivity index (χ4n) is 9.70. The molecule has 0 aromatic carbocycles. The molecular weight excluding hydrogens is 1210 g/mol. The quantitative estimate of drug-likeness (QED) is 0.0169. The Balaban J connectivity index is 5.36. The Morgan fingerprint density at radius 3 is 0.967 bits per heavy atom. The lowest BCUT2D eigenvalue weighted by molar-refractivity contribution is -0.161. The maximum Gasteiger partial charge on any atom is 0.472 e.